The first-order valence-corrected chi connectivity index (χ1v) is 4.04. The average Bonchev–Trinajstić information content (AvgIpc) is 2.19. The summed E-state index contributed by atoms with van der Waals surface area (Å²) in [5.74, 6) is -2.14. The average molecular weight is 217 g/mol. The van der Waals surface area contributed by atoms with Crippen LogP contribution in [-0.2, 0) is 18.0 Å². The van der Waals surface area contributed by atoms with Crippen molar-refractivity contribution in [2.45, 2.75) is 13.2 Å². The lowest BCUT2D eigenvalue weighted by atomic mass is 10.1. The third kappa shape index (κ3) is 2.88. The molecule has 1 amide bonds. The first-order chi connectivity index (χ1) is 7.04. The van der Waals surface area contributed by atoms with Gasteiger partial charge in [-0.1, -0.05) is 0 Å². The molecule has 0 aliphatic heterocycles. The summed E-state index contributed by atoms with van der Waals surface area (Å²) in [5.41, 5.74) is 5.03. The minimum atomic E-state index is -1.07. The fourth-order valence-corrected chi connectivity index (χ4v) is 1.06. The summed E-state index contributed by atoms with van der Waals surface area (Å²) in [5, 5.41) is 8.84. The van der Waals surface area contributed by atoms with Gasteiger partial charge in [0.05, 0.1) is 6.61 Å². The smallest absolute Gasteiger partial charge is 0.404 e. The SMILES string of the molecule is NC(=O)OCc1cc(F)c(F)cc1CO. The monoisotopic (exact) mass is 217 g/mol. The number of benzene rings is 1. The molecule has 0 atom stereocenters. The Kier molecular flexibility index (Phi) is 3.56. The molecule has 4 nitrogen and oxygen atoms in total. The molecule has 0 bridgehead atoms. The molecule has 15 heavy (non-hydrogen) atoms. The van der Waals surface area contributed by atoms with Gasteiger partial charge in [-0.25, -0.2) is 13.6 Å². The van der Waals surface area contributed by atoms with Gasteiger partial charge in [0.2, 0.25) is 0 Å². The maximum atomic E-state index is 12.8. The van der Waals surface area contributed by atoms with E-state index in [1.54, 1.807) is 0 Å². The number of hydrogen-bond donors (Lipinski definition) is 2. The number of aliphatic hydroxyl groups is 1. The van der Waals surface area contributed by atoms with Gasteiger partial charge in [-0.2, -0.15) is 0 Å². The van der Waals surface area contributed by atoms with Crippen molar-refractivity contribution in [2.24, 2.45) is 5.73 Å². The highest BCUT2D eigenvalue weighted by molar-refractivity contribution is 5.64. The van der Waals surface area contributed by atoms with E-state index in [1.807, 2.05) is 0 Å². The third-order valence-corrected chi connectivity index (χ3v) is 1.78. The molecule has 0 saturated heterocycles. The third-order valence-electron chi connectivity index (χ3n) is 1.78. The number of primary amides is 1. The lowest BCUT2D eigenvalue weighted by Crippen LogP contribution is -2.13. The minimum absolute atomic E-state index is 0.148. The molecule has 0 spiro atoms. The number of nitrogens with two attached hydrogens (primary N) is 1. The second kappa shape index (κ2) is 4.70. The van der Waals surface area contributed by atoms with Gasteiger partial charge in [0.25, 0.3) is 0 Å². The number of amides is 1. The van der Waals surface area contributed by atoms with Crippen LogP contribution in [0.2, 0.25) is 0 Å². The van der Waals surface area contributed by atoms with E-state index in [9.17, 15) is 13.6 Å². The van der Waals surface area contributed by atoms with E-state index < -0.39 is 24.3 Å². The van der Waals surface area contributed by atoms with E-state index in [0.29, 0.717) is 0 Å². The van der Waals surface area contributed by atoms with Crippen LogP contribution in [-0.4, -0.2) is 11.2 Å². The van der Waals surface area contributed by atoms with Crippen molar-refractivity contribution in [1.29, 1.82) is 0 Å². The Labute approximate surface area is 84.3 Å². The Morgan fingerprint density at radius 2 is 1.87 bits per heavy atom. The molecule has 82 valence electrons. The van der Waals surface area contributed by atoms with Gasteiger partial charge in [0.15, 0.2) is 11.6 Å². The van der Waals surface area contributed by atoms with Crippen LogP contribution in [0.25, 0.3) is 0 Å². The summed E-state index contributed by atoms with van der Waals surface area (Å²) in [6.07, 6.45) is -1.02. The van der Waals surface area contributed by atoms with Crippen LogP contribution in [0, 0.1) is 11.6 Å². The van der Waals surface area contributed by atoms with Gasteiger partial charge >= 0.3 is 6.09 Å². The topological polar surface area (TPSA) is 72.6 Å². The van der Waals surface area contributed by atoms with Crippen LogP contribution in [0.1, 0.15) is 11.1 Å². The Bertz CT molecular complexity index is 382. The number of carbonyl (C=O) groups is 1. The zero-order valence-corrected chi connectivity index (χ0v) is 7.67. The van der Waals surface area contributed by atoms with Gasteiger partial charge in [-0.3, -0.25) is 0 Å². The first-order valence-electron chi connectivity index (χ1n) is 4.04. The lowest BCUT2D eigenvalue weighted by Gasteiger charge is -2.07. The molecule has 6 heteroatoms. The number of aliphatic hydroxyl groups excluding tert-OH is 1. The number of ether oxygens (including phenoxy) is 1. The molecular weight excluding hydrogens is 208 g/mol. The van der Waals surface area contributed by atoms with Crippen LogP contribution in [0.5, 0.6) is 0 Å². The maximum absolute atomic E-state index is 12.8. The molecule has 1 aromatic rings. The van der Waals surface area contributed by atoms with Crippen molar-refractivity contribution in [3.05, 3.63) is 34.9 Å². The zero-order chi connectivity index (χ0) is 11.4. The van der Waals surface area contributed by atoms with Crippen LogP contribution in [0.15, 0.2) is 12.1 Å². The minimum Gasteiger partial charge on any atom is -0.445 e. The Morgan fingerprint density at radius 1 is 1.33 bits per heavy atom. The molecule has 0 unspecified atom stereocenters. The van der Waals surface area contributed by atoms with E-state index in [4.69, 9.17) is 10.8 Å². The molecular formula is C9H9F2NO3. The fraction of sp³-hybridized carbons (Fsp3) is 0.222. The number of carbonyl (C=O) groups excluding carboxylic acids is 1. The zero-order valence-electron chi connectivity index (χ0n) is 7.67. The molecule has 0 aromatic heterocycles. The molecule has 0 aliphatic rings. The van der Waals surface area contributed by atoms with E-state index in [1.165, 1.54) is 0 Å². The van der Waals surface area contributed by atoms with Gasteiger partial charge in [-0.05, 0) is 23.3 Å². The summed E-state index contributed by atoms with van der Waals surface area (Å²) in [6.45, 7) is -0.781. The van der Waals surface area contributed by atoms with Gasteiger partial charge in [0, 0.05) is 0 Å². The normalized spacial score (nSPS) is 10.1. The maximum Gasteiger partial charge on any atom is 0.404 e. The molecule has 0 radical (unpaired) electrons. The van der Waals surface area contributed by atoms with E-state index in [2.05, 4.69) is 4.74 Å². The van der Waals surface area contributed by atoms with Crippen molar-refractivity contribution in [3.8, 4) is 0 Å². The summed E-state index contributed by atoms with van der Waals surface area (Å²) in [4.78, 5) is 10.3. The Balaban J connectivity index is 2.94. The van der Waals surface area contributed by atoms with Gasteiger partial charge in [-0.15, -0.1) is 0 Å². The van der Waals surface area contributed by atoms with Crippen LogP contribution in [0.3, 0.4) is 0 Å². The first kappa shape index (κ1) is 11.4. The number of hydrogen-bond acceptors (Lipinski definition) is 3. The second-order valence-corrected chi connectivity index (χ2v) is 2.80. The van der Waals surface area contributed by atoms with Crippen LogP contribution >= 0.6 is 0 Å². The molecule has 0 heterocycles. The predicted molar refractivity (Wildman–Crippen MR) is 46.7 cm³/mol. The van der Waals surface area contributed by atoms with E-state index in [-0.39, 0.29) is 17.7 Å². The second-order valence-electron chi connectivity index (χ2n) is 2.80. The Morgan fingerprint density at radius 3 is 2.33 bits per heavy atom. The van der Waals surface area contributed by atoms with Crippen molar-refractivity contribution >= 4 is 6.09 Å². The molecule has 1 rings (SSSR count). The van der Waals surface area contributed by atoms with Crippen molar-refractivity contribution < 1.29 is 23.4 Å². The summed E-state index contributed by atoms with van der Waals surface area (Å²) in [6, 6.07) is 1.69. The predicted octanol–water partition coefficient (Wildman–Crippen LogP) is 1.05. The molecule has 1 aromatic carbocycles. The van der Waals surface area contributed by atoms with Crippen molar-refractivity contribution in [3.63, 3.8) is 0 Å². The summed E-state index contributed by atoms with van der Waals surface area (Å²) >= 11 is 0. The largest absolute Gasteiger partial charge is 0.445 e. The number of halogens is 2. The standard InChI is InChI=1S/C9H9F2NO3/c10-7-1-5(3-13)6(2-8(7)11)4-15-9(12)14/h1-2,13H,3-4H2,(H2,12,14). The van der Waals surface area contributed by atoms with Crippen molar-refractivity contribution in [1.82, 2.24) is 0 Å². The van der Waals surface area contributed by atoms with Gasteiger partial charge in [0.1, 0.15) is 6.61 Å². The highest BCUT2D eigenvalue weighted by Gasteiger charge is 2.10. The quantitative estimate of drug-likeness (QED) is 0.794. The molecule has 0 fully saturated rings. The van der Waals surface area contributed by atoms with E-state index in [0.717, 1.165) is 12.1 Å². The molecule has 3 N–H and O–H groups in total. The highest BCUT2D eigenvalue weighted by Crippen LogP contribution is 2.16. The number of rotatable bonds is 3. The molecule has 0 saturated carbocycles. The van der Waals surface area contributed by atoms with Crippen LogP contribution in [0.4, 0.5) is 13.6 Å². The van der Waals surface area contributed by atoms with E-state index >= 15 is 0 Å². The fourth-order valence-electron chi connectivity index (χ4n) is 1.06. The highest BCUT2D eigenvalue weighted by atomic mass is 19.2. The van der Waals surface area contributed by atoms with Crippen molar-refractivity contribution in [2.75, 3.05) is 0 Å². The molecule has 0 aliphatic carbocycles. The lowest BCUT2D eigenvalue weighted by molar-refractivity contribution is 0.149. The summed E-state index contributed by atoms with van der Waals surface area (Å²) < 4.78 is 29.9. The van der Waals surface area contributed by atoms with Gasteiger partial charge < -0.3 is 15.6 Å². The summed E-state index contributed by atoms with van der Waals surface area (Å²) in [7, 11) is 0. The van der Waals surface area contributed by atoms with Crippen LogP contribution < -0.4 is 5.73 Å². The Hall–Kier alpha value is -1.69.